The van der Waals surface area contributed by atoms with Gasteiger partial charge in [0, 0.05) is 31.2 Å². The quantitative estimate of drug-likeness (QED) is 0.755. The zero-order valence-electron chi connectivity index (χ0n) is 12.7. The van der Waals surface area contributed by atoms with Gasteiger partial charge >= 0.3 is 0 Å². The van der Waals surface area contributed by atoms with E-state index >= 15 is 0 Å². The summed E-state index contributed by atoms with van der Waals surface area (Å²) in [6, 6.07) is 5.19. The van der Waals surface area contributed by atoms with Crippen molar-refractivity contribution in [3.05, 3.63) is 60.6 Å². The second-order valence-corrected chi connectivity index (χ2v) is 6.74. The minimum Gasteiger partial charge on any atom is -0.275 e. The maximum Gasteiger partial charge on any atom is 0.243 e. The molecule has 24 heavy (non-hydrogen) atoms. The second-order valence-electron chi connectivity index (χ2n) is 5.01. The summed E-state index contributed by atoms with van der Waals surface area (Å²) in [5, 5.41) is 4.06. The van der Waals surface area contributed by atoms with Crippen LogP contribution in [0.15, 0.2) is 53.9 Å². The molecular weight excluding hydrogens is 333 g/mol. The molecule has 0 unspecified atom stereocenters. The van der Waals surface area contributed by atoms with Gasteiger partial charge < -0.3 is 0 Å². The van der Waals surface area contributed by atoms with Gasteiger partial charge in [-0.25, -0.2) is 17.5 Å². The Morgan fingerprint density at radius 3 is 2.67 bits per heavy atom. The normalized spacial score (nSPS) is 11.6. The lowest BCUT2D eigenvalue weighted by Crippen LogP contribution is -2.25. The van der Waals surface area contributed by atoms with Crippen molar-refractivity contribution in [3.8, 4) is 11.3 Å². The van der Waals surface area contributed by atoms with Crippen LogP contribution in [0.4, 0.5) is 4.39 Å². The summed E-state index contributed by atoms with van der Waals surface area (Å²) >= 11 is 0. The Labute approximate surface area is 138 Å². The van der Waals surface area contributed by atoms with E-state index in [4.69, 9.17) is 0 Å². The molecule has 1 aromatic carbocycles. The van der Waals surface area contributed by atoms with E-state index in [2.05, 4.69) is 19.8 Å². The number of sulfonamides is 1. The van der Waals surface area contributed by atoms with Gasteiger partial charge in [0.25, 0.3) is 0 Å². The molecule has 0 fully saturated rings. The van der Waals surface area contributed by atoms with Crippen LogP contribution in [0.25, 0.3) is 11.3 Å². The SMILES string of the molecule is Cn1cc(-c2nccnc2CNS(=O)(=O)c2ccccc2F)cn1. The summed E-state index contributed by atoms with van der Waals surface area (Å²) in [5.41, 5.74) is 1.65. The third-order valence-corrected chi connectivity index (χ3v) is 4.74. The molecular formula is C15H14FN5O2S. The van der Waals surface area contributed by atoms with Crippen molar-refractivity contribution in [2.45, 2.75) is 11.4 Å². The van der Waals surface area contributed by atoms with Crippen LogP contribution >= 0.6 is 0 Å². The predicted octanol–water partition coefficient (Wildman–Crippen LogP) is 1.49. The number of aromatic nitrogens is 4. The van der Waals surface area contributed by atoms with E-state index in [1.807, 2.05) is 0 Å². The van der Waals surface area contributed by atoms with Gasteiger partial charge in [-0.15, -0.1) is 0 Å². The molecule has 0 aliphatic rings. The summed E-state index contributed by atoms with van der Waals surface area (Å²) in [4.78, 5) is 7.99. The molecule has 0 saturated carbocycles. The first-order valence-corrected chi connectivity index (χ1v) is 8.49. The molecule has 7 nitrogen and oxygen atoms in total. The molecule has 0 aliphatic carbocycles. The lowest BCUT2D eigenvalue weighted by atomic mass is 10.2. The number of nitrogens with one attached hydrogen (secondary N) is 1. The van der Waals surface area contributed by atoms with Crippen LogP contribution in [-0.2, 0) is 23.6 Å². The number of nitrogens with zero attached hydrogens (tertiary/aromatic N) is 4. The molecule has 0 saturated heterocycles. The number of benzene rings is 1. The highest BCUT2D eigenvalue weighted by Gasteiger charge is 2.19. The van der Waals surface area contributed by atoms with E-state index in [1.54, 1.807) is 24.1 Å². The number of hydrogen-bond donors (Lipinski definition) is 1. The minimum absolute atomic E-state index is 0.116. The third kappa shape index (κ3) is 3.31. The van der Waals surface area contributed by atoms with Gasteiger partial charge in [0.05, 0.1) is 24.1 Å². The van der Waals surface area contributed by atoms with Crippen LogP contribution in [0, 0.1) is 5.82 Å². The Hall–Kier alpha value is -2.65. The summed E-state index contributed by atoms with van der Waals surface area (Å²) < 4.78 is 42.2. The van der Waals surface area contributed by atoms with Crippen molar-refractivity contribution < 1.29 is 12.8 Å². The van der Waals surface area contributed by atoms with Crippen LogP contribution in [0.1, 0.15) is 5.69 Å². The highest BCUT2D eigenvalue weighted by atomic mass is 32.2. The third-order valence-electron chi connectivity index (χ3n) is 3.31. The molecule has 3 aromatic rings. The number of rotatable bonds is 5. The Morgan fingerprint density at radius 2 is 1.96 bits per heavy atom. The first-order valence-electron chi connectivity index (χ1n) is 7.00. The molecule has 0 radical (unpaired) electrons. The highest BCUT2D eigenvalue weighted by Crippen LogP contribution is 2.19. The summed E-state index contributed by atoms with van der Waals surface area (Å²) in [7, 11) is -2.23. The fourth-order valence-electron chi connectivity index (χ4n) is 2.18. The Kier molecular flexibility index (Phi) is 4.36. The van der Waals surface area contributed by atoms with E-state index in [1.165, 1.54) is 30.6 Å². The first kappa shape index (κ1) is 16.2. The Bertz CT molecular complexity index is 971. The van der Waals surface area contributed by atoms with Gasteiger partial charge in [-0.1, -0.05) is 12.1 Å². The lowest BCUT2D eigenvalue weighted by molar-refractivity contribution is 0.556. The summed E-state index contributed by atoms with van der Waals surface area (Å²) in [6.07, 6.45) is 6.33. The second kappa shape index (κ2) is 6.46. The summed E-state index contributed by atoms with van der Waals surface area (Å²) in [6.45, 7) is -0.116. The molecule has 0 spiro atoms. The van der Waals surface area contributed by atoms with E-state index in [0.717, 1.165) is 6.07 Å². The van der Waals surface area contributed by atoms with Crippen molar-refractivity contribution >= 4 is 10.0 Å². The van der Waals surface area contributed by atoms with Crippen LogP contribution in [0.3, 0.4) is 0 Å². The van der Waals surface area contributed by atoms with Gasteiger partial charge in [0.1, 0.15) is 10.7 Å². The maximum absolute atomic E-state index is 13.7. The largest absolute Gasteiger partial charge is 0.275 e. The van der Waals surface area contributed by atoms with Crippen molar-refractivity contribution in [1.29, 1.82) is 0 Å². The molecule has 0 atom stereocenters. The molecule has 2 heterocycles. The van der Waals surface area contributed by atoms with Crippen molar-refractivity contribution in [2.24, 2.45) is 7.05 Å². The van der Waals surface area contributed by atoms with Crippen LogP contribution in [0.5, 0.6) is 0 Å². The van der Waals surface area contributed by atoms with Crippen LogP contribution in [0.2, 0.25) is 0 Å². The average molecular weight is 347 g/mol. The first-order chi connectivity index (χ1) is 11.5. The predicted molar refractivity (Wildman–Crippen MR) is 84.7 cm³/mol. The van der Waals surface area contributed by atoms with E-state index in [-0.39, 0.29) is 6.54 Å². The molecule has 0 amide bonds. The molecule has 9 heteroatoms. The lowest BCUT2D eigenvalue weighted by Gasteiger charge is -2.09. The van der Waals surface area contributed by atoms with Crippen molar-refractivity contribution in [3.63, 3.8) is 0 Å². The zero-order valence-corrected chi connectivity index (χ0v) is 13.5. The molecule has 0 aliphatic heterocycles. The van der Waals surface area contributed by atoms with Gasteiger partial charge in [0.2, 0.25) is 10.0 Å². The van der Waals surface area contributed by atoms with Crippen LogP contribution < -0.4 is 4.72 Å². The van der Waals surface area contributed by atoms with E-state index < -0.39 is 20.7 Å². The minimum atomic E-state index is -4.00. The van der Waals surface area contributed by atoms with Gasteiger partial charge in [-0.2, -0.15) is 5.10 Å². The van der Waals surface area contributed by atoms with Crippen LogP contribution in [-0.4, -0.2) is 28.2 Å². The van der Waals surface area contributed by atoms with Crippen molar-refractivity contribution in [2.75, 3.05) is 0 Å². The fraction of sp³-hybridized carbons (Fsp3) is 0.133. The van der Waals surface area contributed by atoms with E-state index in [0.29, 0.717) is 17.0 Å². The summed E-state index contributed by atoms with van der Waals surface area (Å²) in [5.74, 6) is -0.809. The molecule has 124 valence electrons. The average Bonchev–Trinajstić information content (AvgIpc) is 3.00. The Balaban J connectivity index is 1.87. The Morgan fingerprint density at radius 1 is 1.21 bits per heavy atom. The smallest absolute Gasteiger partial charge is 0.243 e. The maximum atomic E-state index is 13.7. The fourth-order valence-corrected chi connectivity index (χ4v) is 3.25. The molecule has 3 rings (SSSR count). The van der Waals surface area contributed by atoms with Gasteiger partial charge in [-0.05, 0) is 12.1 Å². The molecule has 1 N–H and O–H groups in total. The number of halogens is 1. The van der Waals surface area contributed by atoms with E-state index in [9.17, 15) is 12.8 Å². The molecule has 0 bridgehead atoms. The van der Waals surface area contributed by atoms with Crippen molar-refractivity contribution in [1.82, 2.24) is 24.5 Å². The number of aryl methyl sites for hydroxylation is 1. The topological polar surface area (TPSA) is 89.8 Å². The monoisotopic (exact) mass is 347 g/mol. The highest BCUT2D eigenvalue weighted by molar-refractivity contribution is 7.89. The standard InChI is InChI=1S/C15H14FN5O2S/c1-21-10-11(8-19-21)15-13(17-6-7-18-15)9-20-24(22,23)14-5-3-2-4-12(14)16/h2-8,10,20H,9H2,1H3. The van der Waals surface area contributed by atoms with Gasteiger partial charge in [-0.3, -0.25) is 14.6 Å². The number of hydrogen-bond acceptors (Lipinski definition) is 5. The molecule has 2 aromatic heterocycles. The zero-order chi connectivity index (χ0) is 17.2. The van der Waals surface area contributed by atoms with Gasteiger partial charge in [0.15, 0.2) is 0 Å².